The van der Waals surface area contributed by atoms with Gasteiger partial charge in [-0.25, -0.2) is 14.2 Å². The lowest BCUT2D eigenvalue weighted by Crippen LogP contribution is -2.01. The summed E-state index contributed by atoms with van der Waals surface area (Å²) in [5, 5.41) is 0.937. The predicted molar refractivity (Wildman–Crippen MR) is 98.1 cm³/mol. The van der Waals surface area contributed by atoms with Crippen LogP contribution < -0.4 is 8.25 Å². The summed E-state index contributed by atoms with van der Waals surface area (Å²) in [7, 11) is -1.13. The normalized spacial score (nSPS) is 12.1. The summed E-state index contributed by atoms with van der Waals surface area (Å²) >= 11 is 2.05. The van der Waals surface area contributed by atoms with Gasteiger partial charge in [0.05, 0.1) is 40.3 Å². The molecule has 2 aromatic heterocycles. The quantitative estimate of drug-likeness (QED) is 0.496. The van der Waals surface area contributed by atoms with Crippen LogP contribution in [0.4, 0.5) is 11.5 Å². The minimum absolute atomic E-state index is 0.718. The van der Waals surface area contributed by atoms with Gasteiger partial charge >= 0.3 is 0 Å². The van der Waals surface area contributed by atoms with Gasteiger partial charge in [-0.2, -0.15) is 0 Å². The maximum absolute atomic E-state index is 11.3. The molecule has 0 bridgehead atoms. The molecule has 3 rings (SSSR count). The summed E-state index contributed by atoms with van der Waals surface area (Å²) in [6.07, 6.45) is 6.53. The van der Waals surface area contributed by atoms with Crippen molar-refractivity contribution in [2.24, 2.45) is 0 Å². The van der Waals surface area contributed by atoms with Crippen LogP contribution in [0.15, 0.2) is 43.0 Å². The van der Waals surface area contributed by atoms with E-state index < -0.39 is 11.0 Å². The number of anilines is 2. The molecule has 0 amide bonds. The number of aromatic nitrogens is 3. The molecule has 112 valence electrons. The Bertz CT molecular complexity index is 858. The molecule has 0 saturated heterocycles. The molecule has 1 atom stereocenters. The first-order valence-electron chi connectivity index (χ1n) is 6.34. The van der Waals surface area contributed by atoms with Crippen molar-refractivity contribution in [1.29, 1.82) is 0 Å². The van der Waals surface area contributed by atoms with Crippen molar-refractivity contribution in [2.75, 3.05) is 14.5 Å². The van der Waals surface area contributed by atoms with Crippen LogP contribution in [0.25, 0.3) is 22.0 Å². The highest BCUT2D eigenvalue weighted by molar-refractivity contribution is 14.1. The van der Waals surface area contributed by atoms with Crippen molar-refractivity contribution in [1.82, 2.24) is 15.0 Å². The summed E-state index contributed by atoms with van der Waals surface area (Å²) in [6, 6.07) is 7.86. The lowest BCUT2D eigenvalue weighted by Gasteiger charge is -2.08. The Morgan fingerprint density at radius 2 is 2.00 bits per heavy atom. The largest absolute Gasteiger partial charge is 0.312 e. The van der Waals surface area contributed by atoms with Crippen LogP contribution in [0.5, 0.6) is 0 Å². The van der Waals surface area contributed by atoms with Crippen molar-refractivity contribution in [2.45, 2.75) is 0 Å². The molecule has 0 aliphatic carbocycles. The molecular weight excluding hydrogens is 413 g/mol. The summed E-state index contributed by atoms with van der Waals surface area (Å²) in [6.45, 7) is 0. The Morgan fingerprint density at radius 1 is 1.14 bits per heavy atom. The van der Waals surface area contributed by atoms with Gasteiger partial charge in [-0.15, -0.1) is 0 Å². The van der Waals surface area contributed by atoms with E-state index in [1.165, 1.54) is 6.33 Å². The first kappa shape index (κ1) is 15.1. The Kier molecular flexibility index (Phi) is 4.48. The highest BCUT2D eigenvalue weighted by atomic mass is 127. The van der Waals surface area contributed by atoms with E-state index in [1.54, 1.807) is 18.6 Å². The second kappa shape index (κ2) is 6.53. The van der Waals surface area contributed by atoms with Gasteiger partial charge in [-0.1, -0.05) is 6.07 Å². The van der Waals surface area contributed by atoms with Gasteiger partial charge in [0, 0.05) is 23.4 Å². The van der Waals surface area contributed by atoms with Crippen LogP contribution in [-0.2, 0) is 11.0 Å². The predicted octanol–water partition coefficient (Wildman–Crippen LogP) is 3.16. The molecule has 0 aliphatic heterocycles. The molecule has 1 aromatic carbocycles. The van der Waals surface area contributed by atoms with E-state index in [4.69, 9.17) is 0 Å². The van der Waals surface area contributed by atoms with Crippen molar-refractivity contribution in [3.8, 4) is 11.1 Å². The third-order valence-corrected chi connectivity index (χ3v) is 4.09. The molecular formula is C14H12IN5OS. The lowest BCUT2D eigenvalue weighted by atomic mass is 10.0. The Morgan fingerprint density at radius 3 is 2.77 bits per heavy atom. The van der Waals surface area contributed by atoms with Crippen LogP contribution >= 0.6 is 22.9 Å². The topological polar surface area (TPSA) is 79.8 Å². The van der Waals surface area contributed by atoms with Gasteiger partial charge in [0.15, 0.2) is 0 Å². The zero-order chi connectivity index (χ0) is 15.5. The van der Waals surface area contributed by atoms with E-state index in [2.05, 4.69) is 23.2 Å². The fourth-order valence-electron chi connectivity index (χ4n) is 2.13. The van der Waals surface area contributed by atoms with Crippen LogP contribution in [0, 0.1) is 0 Å². The van der Waals surface area contributed by atoms with Gasteiger partial charge in [0.2, 0.25) is 0 Å². The Balaban J connectivity index is 2.08. The summed E-state index contributed by atoms with van der Waals surface area (Å²) < 4.78 is 17.1. The van der Waals surface area contributed by atoms with Crippen molar-refractivity contribution < 1.29 is 4.21 Å². The number of rotatable bonds is 4. The maximum Gasteiger partial charge on any atom is 0.145 e. The first-order valence-corrected chi connectivity index (χ1v) is 8.98. The van der Waals surface area contributed by atoms with Crippen molar-refractivity contribution >= 4 is 56.3 Å². The van der Waals surface area contributed by atoms with E-state index in [0.29, 0.717) is 0 Å². The van der Waals surface area contributed by atoms with Crippen molar-refractivity contribution in [3.05, 3.63) is 43.0 Å². The second-order valence-electron chi connectivity index (χ2n) is 4.57. The third-order valence-electron chi connectivity index (χ3n) is 3.06. The molecule has 0 fully saturated rings. The van der Waals surface area contributed by atoms with Gasteiger partial charge in [-0.05, 0) is 23.8 Å². The number of benzene rings is 1. The SMILES string of the molecule is CS(=O)Nc1cncc(-c2ccc3ncnc(NI)c3c2)c1. The average Bonchev–Trinajstić information content (AvgIpc) is 2.53. The van der Waals surface area contributed by atoms with Crippen LogP contribution in [-0.4, -0.2) is 25.4 Å². The fourth-order valence-corrected chi connectivity index (χ4v) is 3.00. The van der Waals surface area contributed by atoms with Gasteiger partial charge in [0.25, 0.3) is 0 Å². The molecule has 3 aromatic rings. The smallest absolute Gasteiger partial charge is 0.145 e. The fraction of sp³-hybridized carbons (Fsp3) is 0.0714. The maximum atomic E-state index is 11.3. The number of pyridine rings is 1. The summed E-state index contributed by atoms with van der Waals surface area (Å²) in [5.74, 6) is 0.768. The number of hydrogen-bond donors (Lipinski definition) is 2. The first-order chi connectivity index (χ1) is 10.7. The zero-order valence-corrected chi connectivity index (χ0v) is 14.6. The number of halogens is 1. The Labute approximate surface area is 143 Å². The van der Waals surface area contributed by atoms with E-state index in [0.717, 1.165) is 33.5 Å². The standard InChI is InChI=1S/C14H12IN5OS/c1-22(21)20-11-4-10(6-16-7-11)9-2-3-13-12(5-9)14(19-15)18-8-17-13/h2-8,20H,1H3,(H,17,18,19). The molecule has 0 spiro atoms. The number of hydrogen-bond acceptors (Lipinski definition) is 5. The lowest BCUT2D eigenvalue weighted by molar-refractivity contribution is 0.690. The zero-order valence-electron chi connectivity index (χ0n) is 11.6. The third kappa shape index (κ3) is 3.17. The minimum atomic E-state index is -1.13. The molecule has 22 heavy (non-hydrogen) atoms. The molecule has 0 radical (unpaired) electrons. The molecule has 2 N–H and O–H groups in total. The van der Waals surface area contributed by atoms with E-state index in [9.17, 15) is 4.21 Å². The van der Waals surface area contributed by atoms with Gasteiger partial charge in [-0.3, -0.25) is 4.98 Å². The molecule has 0 aliphatic rings. The molecule has 1 unspecified atom stereocenters. The van der Waals surface area contributed by atoms with E-state index >= 15 is 0 Å². The molecule has 2 heterocycles. The van der Waals surface area contributed by atoms with Crippen LogP contribution in [0.1, 0.15) is 0 Å². The van der Waals surface area contributed by atoms with Gasteiger partial charge < -0.3 is 8.25 Å². The number of nitrogens with zero attached hydrogens (tertiary/aromatic N) is 3. The highest BCUT2D eigenvalue weighted by Crippen LogP contribution is 2.28. The van der Waals surface area contributed by atoms with E-state index in [1.807, 2.05) is 47.1 Å². The summed E-state index contributed by atoms with van der Waals surface area (Å²) in [4.78, 5) is 12.7. The molecule has 0 saturated carbocycles. The summed E-state index contributed by atoms with van der Waals surface area (Å²) in [5.41, 5.74) is 3.51. The molecule has 8 heteroatoms. The minimum Gasteiger partial charge on any atom is -0.312 e. The van der Waals surface area contributed by atoms with Crippen molar-refractivity contribution in [3.63, 3.8) is 0 Å². The average molecular weight is 425 g/mol. The van der Waals surface area contributed by atoms with E-state index in [-0.39, 0.29) is 0 Å². The monoisotopic (exact) mass is 425 g/mol. The molecule has 6 nitrogen and oxygen atoms in total. The number of fused-ring (bicyclic) bond motifs is 1. The highest BCUT2D eigenvalue weighted by Gasteiger charge is 2.06. The van der Waals surface area contributed by atoms with Crippen LogP contribution in [0.3, 0.4) is 0 Å². The van der Waals surface area contributed by atoms with Crippen LogP contribution in [0.2, 0.25) is 0 Å². The van der Waals surface area contributed by atoms with Gasteiger partial charge in [0.1, 0.15) is 23.1 Å². The second-order valence-corrected chi connectivity index (χ2v) is 6.22. The Hall–Kier alpha value is -1.81. The number of nitrogens with one attached hydrogen (secondary N) is 2.